The number of aryl methyl sites for hydroxylation is 2. The van der Waals surface area contributed by atoms with E-state index in [0.29, 0.717) is 0 Å². The monoisotopic (exact) mass is 173 g/mol. The van der Waals surface area contributed by atoms with Crippen molar-refractivity contribution in [1.29, 1.82) is 0 Å². The zero-order chi connectivity index (χ0) is 9.42. The lowest BCUT2D eigenvalue weighted by Gasteiger charge is -1.99. The maximum atomic E-state index is 11.6. The van der Waals surface area contributed by atoms with Gasteiger partial charge >= 0.3 is 0 Å². The van der Waals surface area contributed by atoms with Gasteiger partial charge in [0.15, 0.2) is 5.43 Å². The molecule has 66 valence electrons. The third kappa shape index (κ3) is 1.24. The minimum absolute atomic E-state index is 0.119. The number of pyridine rings is 1. The van der Waals surface area contributed by atoms with Crippen LogP contribution in [0.25, 0.3) is 10.9 Å². The lowest BCUT2D eigenvalue weighted by Crippen LogP contribution is -2.05. The average molecular weight is 173 g/mol. The molecule has 0 fully saturated rings. The molecule has 0 unspecified atom stereocenters. The molecule has 2 rings (SSSR count). The van der Waals surface area contributed by atoms with Gasteiger partial charge in [-0.05, 0) is 31.5 Å². The van der Waals surface area contributed by atoms with Crippen LogP contribution in [0.2, 0.25) is 0 Å². The first kappa shape index (κ1) is 8.05. The largest absolute Gasteiger partial charge is 0.361 e. The molecule has 0 bridgehead atoms. The quantitative estimate of drug-likeness (QED) is 0.650. The zero-order valence-electron chi connectivity index (χ0n) is 7.72. The highest BCUT2D eigenvalue weighted by Crippen LogP contribution is 2.09. The van der Waals surface area contributed by atoms with Crippen LogP contribution >= 0.6 is 0 Å². The fraction of sp³-hybridized carbons (Fsp3) is 0.182. The molecule has 0 aliphatic carbocycles. The predicted octanol–water partition coefficient (Wildman–Crippen LogP) is 2.14. The van der Waals surface area contributed by atoms with Crippen molar-refractivity contribution in [3.8, 4) is 0 Å². The molecule has 0 atom stereocenters. The Bertz CT molecular complexity index is 511. The van der Waals surface area contributed by atoms with Crippen molar-refractivity contribution in [2.75, 3.05) is 0 Å². The first-order chi connectivity index (χ1) is 6.18. The lowest BCUT2D eigenvalue weighted by molar-refractivity contribution is 1.29. The van der Waals surface area contributed by atoms with Crippen LogP contribution in [-0.2, 0) is 0 Å². The van der Waals surface area contributed by atoms with Crippen LogP contribution in [0, 0.1) is 13.8 Å². The molecule has 1 aromatic carbocycles. The van der Waals surface area contributed by atoms with E-state index in [-0.39, 0.29) is 5.43 Å². The Hall–Kier alpha value is -1.57. The second-order valence-corrected chi connectivity index (χ2v) is 3.35. The fourth-order valence-corrected chi connectivity index (χ4v) is 1.44. The number of aromatic nitrogens is 1. The van der Waals surface area contributed by atoms with Crippen molar-refractivity contribution in [3.63, 3.8) is 0 Å². The van der Waals surface area contributed by atoms with Crippen LogP contribution in [-0.4, -0.2) is 4.98 Å². The molecule has 0 aliphatic rings. The molecular weight excluding hydrogens is 162 g/mol. The summed E-state index contributed by atoms with van der Waals surface area (Å²) in [5.41, 5.74) is 2.95. The van der Waals surface area contributed by atoms with Crippen molar-refractivity contribution in [2.24, 2.45) is 0 Å². The van der Waals surface area contributed by atoms with E-state index in [1.165, 1.54) is 0 Å². The topological polar surface area (TPSA) is 32.9 Å². The molecule has 0 amide bonds. The van der Waals surface area contributed by atoms with Crippen LogP contribution in [0.3, 0.4) is 0 Å². The third-order valence-corrected chi connectivity index (χ3v) is 2.22. The fourth-order valence-electron chi connectivity index (χ4n) is 1.44. The van der Waals surface area contributed by atoms with E-state index in [0.717, 1.165) is 22.0 Å². The summed E-state index contributed by atoms with van der Waals surface area (Å²) in [7, 11) is 0. The van der Waals surface area contributed by atoms with E-state index < -0.39 is 0 Å². The molecule has 0 saturated heterocycles. The van der Waals surface area contributed by atoms with Gasteiger partial charge in [0.1, 0.15) is 0 Å². The Labute approximate surface area is 76.2 Å². The first-order valence-electron chi connectivity index (χ1n) is 4.27. The van der Waals surface area contributed by atoms with Gasteiger partial charge < -0.3 is 4.98 Å². The molecule has 1 heterocycles. The lowest BCUT2D eigenvalue weighted by atomic mass is 10.1. The molecule has 0 spiro atoms. The van der Waals surface area contributed by atoms with Gasteiger partial charge in [-0.15, -0.1) is 0 Å². The minimum atomic E-state index is 0.119. The van der Waals surface area contributed by atoms with Crippen LogP contribution in [0.4, 0.5) is 0 Å². The van der Waals surface area contributed by atoms with Crippen LogP contribution in [0.15, 0.2) is 29.2 Å². The normalized spacial score (nSPS) is 10.6. The molecular formula is C11H11NO. The smallest absolute Gasteiger partial charge is 0.192 e. The SMILES string of the molecule is Cc1ccc2c(=O)c(C)c[nH]c2c1. The summed E-state index contributed by atoms with van der Waals surface area (Å²) in [6.07, 6.45) is 1.75. The maximum absolute atomic E-state index is 11.6. The second-order valence-electron chi connectivity index (χ2n) is 3.35. The molecule has 0 radical (unpaired) electrons. The molecule has 0 aliphatic heterocycles. The van der Waals surface area contributed by atoms with E-state index in [1.54, 1.807) is 6.20 Å². The summed E-state index contributed by atoms with van der Waals surface area (Å²) >= 11 is 0. The summed E-state index contributed by atoms with van der Waals surface area (Å²) in [5.74, 6) is 0. The number of benzene rings is 1. The first-order valence-corrected chi connectivity index (χ1v) is 4.27. The van der Waals surface area contributed by atoms with Crippen LogP contribution < -0.4 is 5.43 Å². The Morgan fingerprint density at radius 3 is 2.77 bits per heavy atom. The number of aromatic amines is 1. The van der Waals surface area contributed by atoms with Crippen molar-refractivity contribution in [3.05, 3.63) is 45.7 Å². The van der Waals surface area contributed by atoms with Gasteiger partial charge in [0.25, 0.3) is 0 Å². The number of rotatable bonds is 0. The van der Waals surface area contributed by atoms with Crippen molar-refractivity contribution in [2.45, 2.75) is 13.8 Å². The van der Waals surface area contributed by atoms with Gasteiger partial charge in [-0.1, -0.05) is 6.07 Å². The van der Waals surface area contributed by atoms with Gasteiger partial charge in [-0.2, -0.15) is 0 Å². The van der Waals surface area contributed by atoms with Crippen molar-refractivity contribution >= 4 is 10.9 Å². The summed E-state index contributed by atoms with van der Waals surface area (Å²) in [5, 5.41) is 0.769. The highest BCUT2D eigenvalue weighted by atomic mass is 16.1. The zero-order valence-corrected chi connectivity index (χ0v) is 7.72. The molecule has 0 saturated carbocycles. The highest BCUT2D eigenvalue weighted by Gasteiger charge is 2.00. The number of fused-ring (bicyclic) bond motifs is 1. The highest BCUT2D eigenvalue weighted by molar-refractivity contribution is 5.79. The van der Waals surface area contributed by atoms with Gasteiger partial charge in [-0.3, -0.25) is 4.79 Å². The van der Waals surface area contributed by atoms with Gasteiger partial charge in [0, 0.05) is 22.7 Å². The number of hydrogen-bond acceptors (Lipinski definition) is 1. The van der Waals surface area contributed by atoms with E-state index in [2.05, 4.69) is 4.98 Å². The standard InChI is InChI=1S/C11H11NO/c1-7-3-4-9-10(5-7)12-6-8(2)11(9)13/h3-6H,1-2H3,(H,12,13). The van der Waals surface area contributed by atoms with Gasteiger partial charge in [-0.25, -0.2) is 0 Å². The summed E-state index contributed by atoms with van der Waals surface area (Å²) < 4.78 is 0. The number of nitrogens with one attached hydrogen (secondary N) is 1. The molecule has 2 aromatic rings. The Balaban J connectivity index is 2.95. The molecule has 1 N–H and O–H groups in total. The van der Waals surface area contributed by atoms with Crippen LogP contribution in [0.5, 0.6) is 0 Å². The maximum Gasteiger partial charge on any atom is 0.192 e. The number of H-pyrrole nitrogens is 1. The Morgan fingerprint density at radius 2 is 2.00 bits per heavy atom. The molecule has 2 nitrogen and oxygen atoms in total. The van der Waals surface area contributed by atoms with Gasteiger partial charge in [0.05, 0.1) is 0 Å². The Kier molecular flexibility index (Phi) is 1.69. The van der Waals surface area contributed by atoms with E-state index in [4.69, 9.17) is 0 Å². The van der Waals surface area contributed by atoms with Crippen molar-refractivity contribution in [1.82, 2.24) is 4.98 Å². The van der Waals surface area contributed by atoms with E-state index >= 15 is 0 Å². The minimum Gasteiger partial charge on any atom is -0.361 e. The predicted molar refractivity (Wildman–Crippen MR) is 54.0 cm³/mol. The number of hydrogen-bond donors (Lipinski definition) is 1. The molecule has 2 heteroatoms. The van der Waals surface area contributed by atoms with Gasteiger partial charge in [0.2, 0.25) is 0 Å². The summed E-state index contributed by atoms with van der Waals surface area (Å²) in [4.78, 5) is 14.7. The van der Waals surface area contributed by atoms with E-state index in [9.17, 15) is 4.79 Å². The Morgan fingerprint density at radius 1 is 1.23 bits per heavy atom. The molecule has 1 aromatic heterocycles. The second kappa shape index (κ2) is 2.73. The third-order valence-electron chi connectivity index (χ3n) is 2.22. The average Bonchev–Trinajstić information content (AvgIpc) is 2.12. The summed E-state index contributed by atoms with van der Waals surface area (Å²) in [6.45, 7) is 3.83. The van der Waals surface area contributed by atoms with Crippen molar-refractivity contribution < 1.29 is 0 Å². The summed E-state index contributed by atoms with van der Waals surface area (Å²) in [6, 6.07) is 5.81. The molecule has 13 heavy (non-hydrogen) atoms. The van der Waals surface area contributed by atoms with Crippen LogP contribution in [0.1, 0.15) is 11.1 Å². The van der Waals surface area contributed by atoms with E-state index in [1.807, 2.05) is 32.0 Å².